The van der Waals surface area contributed by atoms with Crippen LogP contribution in [0, 0.1) is 0 Å². The monoisotopic (exact) mass is 777 g/mol. The molecule has 2 aliphatic rings. The van der Waals surface area contributed by atoms with Crippen LogP contribution >= 0.6 is 0 Å². The largest absolute Gasteiger partial charge is 0.498 e. The maximum absolute atomic E-state index is 12.7. The van der Waals surface area contributed by atoms with Gasteiger partial charge in [-0.05, 0) is 89.3 Å². The molecule has 1 aliphatic carbocycles. The quantitative estimate of drug-likeness (QED) is 0.0347. The smallest absolute Gasteiger partial charge is 0.307 e. The summed E-state index contributed by atoms with van der Waals surface area (Å²) in [5, 5.41) is 0. The Morgan fingerprint density at radius 3 is 1.36 bits per heavy atom. The van der Waals surface area contributed by atoms with Crippen LogP contribution in [0.4, 0.5) is 0 Å². The second-order valence-corrected chi connectivity index (χ2v) is 16.8. The molecule has 7 heteroatoms. The molecule has 0 aromatic carbocycles. The number of carbonyl (C=O) groups excluding carboxylic acids is 1. The van der Waals surface area contributed by atoms with Crippen molar-refractivity contribution in [2.24, 2.45) is 0 Å². The molecule has 0 radical (unpaired) electrons. The number of allylic oxidation sites excluding steroid dienone is 1. The standard InChI is InChI=1S/C48H92N2O5/c1-3-5-7-9-11-15-23-40-52-42-25-17-13-19-27-44-54-47(46-30-29-31-46)32-36-50(39-38-49-34-21-22-35-49)37-33-48(51)55-45-28-20-14-18-26-43-53-41-24-16-12-10-8-6-4-2/h3-45H2,1-2H3. The van der Waals surface area contributed by atoms with Gasteiger partial charge in [0.1, 0.15) is 0 Å². The Kier molecular flexibility index (Phi) is 34.9. The third-order valence-corrected chi connectivity index (χ3v) is 11.8. The lowest BCUT2D eigenvalue weighted by atomic mass is 9.90. The molecule has 0 spiro atoms. The molecule has 0 aromatic heterocycles. The third kappa shape index (κ3) is 30.6. The first-order valence-electron chi connectivity index (χ1n) is 24.3. The second-order valence-electron chi connectivity index (χ2n) is 16.8. The lowest BCUT2D eigenvalue weighted by Crippen LogP contribution is -2.36. The van der Waals surface area contributed by atoms with Crippen molar-refractivity contribution in [3.63, 3.8) is 0 Å². The van der Waals surface area contributed by atoms with Gasteiger partial charge in [-0.15, -0.1) is 0 Å². The molecule has 0 bridgehead atoms. The van der Waals surface area contributed by atoms with Crippen LogP contribution < -0.4 is 0 Å². The van der Waals surface area contributed by atoms with E-state index in [1.165, 1.54) is 185 Å². The number of rotatable bonds is 42. The molecule has 324 valence electrons. The predicted molar refractivity (Wildman–Crippen MR) is 233 cm³/mol. The van der Waals surface area contributed by atoms with Gasteiger partial charge in [-0.25, -0.2) is 0 Å². The maximum Gasteiger partial charge on any atom is 0.307 e. The summed E-state index contributed by atoms with van der Waals surface area (Å²) >= 11 is 0. The molecule has 1 saturated heterocycles. The van der Waals surface area contributed by atoms with E-state index in [0.29, 0.717) is 13.0 Å². The highest BCUT2D eigenvalue weighted by Gasteiger charge is 2.19. The van der Waals surface area contributed by atoms with Crippen LogP contribution in [-0.2, 0) is 23.7 Å². The van der Waals surface area contributed by atoms with Crippen LogP contribution in [-0.4, -0.2) is 94.7 Å². The van der Waals surface area contributed by atoms with E-state index in [1.54, 1.807) is 0 Å². The molecule has 2 fully saturated rings. The van der Waals surface area contributed by atoms with Crippen molar-refractivity contribution < 1.29 is 23.7 Å². The number of unbranched alkanes of at least 4 members (excludes halogenated alkanes) is 20. The summed E-state index contributed by atoms with van der Waals surface area (Å²) in [4.78, 5) is 17.8. The molecule has 1 heterocycles. The molecule has 0 unspecified atom stereocenters. The summed E-state index contributed by atoms with van der Waals surface area (Å²) in [7, 11) is 0. The van der Waals surface area contributed by atoms with E-state index in [0.717, 1.165) is 91.3 Å². The Balaban J connectivity index is 1.52. The molecule has 0 aromatic rings. The highest BCUT2D eigenvalue weighted by atomic mass is 16.5. The number of likely N-dealkylation sites (tertiary alicyclic amines) is 1. The van der Waals surface area contributed by atoms with Crippen molar-refractivity contribution in [2.75, 3.05) is 78.9 Å². The number of hydrogen-bond acceptors (Lipinski definition) is 7. The zero-order chi connectivity index (χ0) is 39.1. The van der Waals surface area contributed by atoms with Crippen LogP contribution in [0.25, 0.3) is 0 Å². The van der Waals surface area contributed by atoms with E-state index in [9.17, 15) is 4.79 Å². The average Bonchev–Trinajstić information content (AvgIpc) is 3.70. The molecule has 0 amide bonds. The summed E-state index contributed by atoms with van der Waals surface area (Å²) < 4.78 is 23.9. The molecule has 2 rings (SSSR count). The number of carbonyl (C=O) groups is 1. The fraction of sp³-hybridized carbons (Fsp3) is 0.938. The molecule has 0 N–H and O–H groups in total. The zero-order valence-electron chi connectivity index (χ0n) is 36.8. The molecule has 1 saturated carbocycles. The number of ether oxygens (including phenoxy) is 4. The molecule has 1 aliphatic heterocycles. The van der Waals surface area contributed by atoms with Crippen molar-refractivity contribution in [3.8, 4) is 0 Å². The van der Waals surface area contributed by atoms with E-state index in [4.69, 9.17) is 18.9 Å². The highest BCUT2D eigenvalue weighted by Crippen LogP contribution is 2.31. The lowest BCUT2D eigenvalue weighted by Gasteiger charge is -2.27. The van der Waals surface area contributed by atoms with Gasteiger partial charge in [-0.3, -0.25) is 4.79 Å². The van der Waals surface area contributed by atoms with Crippen molar-refractivity contribution in [1.29, 1.82) is 0 Å². The number of esters is 1. The van der Waals surface area contributed by atoms with Gasteiger partial charge in [0.2, 0.25) is 0 Å². The topological polar surface area (TPSA) is 60.5 Å². The fourth-order valence-electron chi connectivity index (χ4n) is 7.77. The predicted octanol–water partition coefficient (Wildman–Crippen LogP) is 12.6. The van der Waals surface area contributed by atoms with Gasteiger partial charge in [0.05, 0.1) is 25.4 Å². The first-order valence-corrected chi connectivity index (χ1v) is 24.3. The average molecular weight is 777 g/mol. The van der Waals surface area contributed by atoms with E-state index < -0.39 is 0 Å². The Bertz CT molecular complexity index is 870. The Hall–Kier alpha value is -1.15. The molecule has 7 nitrogen and oxygen atoms in total. The summed E-state index contributed by atoms with van der Waals surface area (Å²) in [6.45, 7) is 15.9. The summed E-state index contributed by atoms with van der Waals surface area (Å²) in [5.74, 6) is 1.21. The Morgan fingerprint density at radius 1 is 0.491 bits per heavy atom. The lowest BCUT2D eigenvalue weighted by molar-refractivity contribution is -0.144. The SMILES string of the molecule is CCCCCCCCCOCCCCCCCOC(=O)CCN(CCC(OCCCCCCCOCCCCCCCCC)=C1CCC1)CCN1CCCC1. The minimum atomic E-state index is -0.0431. The van der Waals surface area contributed by atoms with Crippen molar-refractivity contribution >= 4 is 5.97 Å². The third-order valence-electron chi connectivity index (χ3n) is 11.8. The number of nitrogens with zero attached hydrogens (tertiary/aromatic N) is 2. The zero-order valence-corrected chi connectivity index (χ0v) is 36.8. The van der Waals surface area contributed by atoms with Crippen LogP contribution in [0.2, 0.25) is 0 Å². The Labute approximate surface area is 341 Å². The fourth-order valence-corrected chi connectivity index (χ4v) is 7.77. The molecular formula is C48H92N2O5. The van der Waals surface area contributed by atoms with Crippen LogP contribution in [0.1, 0.15) is 213 Å². The van der Waals surface area contributed by atoms with E-state index in [-0.39, 0.29) is 5.97 Å². The van der Waals surface area contributed by atoms with E-state index in [2.05, 4.69) is 23.6 Å². The second kappa shape index (κ2) is 38.4. The van der Waals surface area contributed by atoms with Gasteiger partial charge in [0, 0.05) is 59.0 Å². The first kappa shape index (κ1) is 50.0. The Morgan fingerprint density at radius 2 is 0.909 bits per heavy atom. The van der Waals surface area contributed by atoms with E-state index >= 15 is 0 Å². The van der Waals surface area contributed by atoms with Gasteiger partial charge < -0.3 is 28.7 Å². The van der Waals surface area contributed by atoms with Crippen LogP contribution in [0.5, 0.6) is 0 Å². The van der Waals surface area contributed by atoms with Gasteiger partial charge in [-0.2, -0.15) is 0 Å². The summed E-state index contributed by atoms with van der Waals surface area (Å²) in [5.41, 5.74) is 1.54. The van der Waals surface area contributed by atoms with Gasteiger partial charge >= 0.3 is 5.97 Å². The molecule has 55 heavy (non-hydrogen) atoms. The molecular weight excluding hydrogens is 685 g/mol. The first-order chi connectivity index (χ1) is 27.2. The van der Waals surface area contributed by atoms with Gasteiger partial charge in [0.25, 0.3) is 0 Å². The van der Waals surface area contributed by atoms with Crippen molar-refractivity contribution in [1.82, 2.24) is 9.80 Å². The van der Waals surface area contributed by atoms with Crippen LogP contribution in [0.15, 0.2) is 11.3 Å². The highest BCUT2D eigenvalue weighted by molar-refractivity contribution is 5.69. The summed E-state index contributed by atoms with van der Waals surface area (Å²) in [6.07, 6.45) is 38.2. The van der Waals surface area contributed by atoms with Gasteiger partial charge in [0.15, 0.2) is 0 Å². The summed E-state index contributed by atoms with van der Waals surface area (Å²) in [6, 6.07) is 0. The van der Waals surface area contributed by atoms with Crippen molar-refractivity contribution in [2.45, 2.75) is 213 Å². The van der Waals surface area contributed by atoms with Crippen LogP contribution in [0.3, 0.4) is 0 Å². The maximum atomic E-state index is 12.7. The minimum Gasteiger partial charge on any atom is -0.498 e. The molecule has 0 atom stereocenters. The number of hydrogen-bond donors (Lipinski definition) is 0. The normalized spacial score (nSPS) is 14.6. The minimum absolute atomic E-state index is 0.0431. The van der Waals surface area contributed by atoms with Crippen molar-refractivity contribution in [3.05, 3.63) is 11.3 Å². The van der Waals surface area contributed by atoms with E-state index in [1.807, 2.05) is 0 Å². The van der Waals surface area contributed by atoms with Gasteiger partial charge in [-0.1, -0.05) is 129 Å².